The van der Waals surface area contributed by atoms with E-state index < -0.39 is 18.0 Å². The maximum absolute atomic E-state index is 11.3. The van der Waals surface area contributed by atoms with Crippen molar-refractivity contribution in [2.45, 2.75) is 45.1 Å². The predicted molar refractivity (Wildman–Crippen MR) is 71.0 cm³/mol. The molecule has 2 atom stereocenters. The summed E-state index contributed by atoms with van der Waals surface area (Å²) in [5.41, 5.74) is 5.29. The highest BCUT2D eigenvalue weighted by Gasteiger charge is 2.25. The van der Waals surface area contributed by atoms with Gasteiger partial charge in [-0.15, -0.1) is 6.58 Å². The summed E-state index contributed by atoms with van der Waals surface area (Å²) in [6.45, 7) is 5.83. The molecule has 0 rings (SSSR count). The third-order valence-electron chi connectivity index (χ3n) is 2.89. The molecule has 0 saturated heterocycles. The van der Waals surface area contributed by atoms with Gasteiger partial charge in [-0.2, -0.15) is 0 Å². The van der Waals surface area contributed by atoms with E-state index in [4.69, 9.17) is 5.73 Å². The van der Waals surface area contributed by atoms with Crippen molar-refractivity contribution in [1.82, 2.24) is 5.32 Å². The lowest BCUT2D eigenvalue weighted by Gasteiger charge is -2.22. The Labute approximate surface area is 109 Å². The molecule has 0 heterocycles. The van der Waals surface area contributed by atoms with Crippen molar-refractivity contribution in [1.29, 1.82) is 0 Å². The normalized spacial score (nSPS) is 13.4. The van der Waals surface area contributed by atoms with Crippen molar-refractivity contribution in [3.63, 3.8) is 0 Å². The summed E-state index contributed by atoms with van der Waals surface area (Å²) < 4.78 is 4.48. The smallest absolute Gasteiger partial charge is 0.407 e. The van der Waals surface area contributed by atoms with Crippen molar-refractivity contribution in [2.75, 3.05) is 7.11 Å². The molecule has 104 valence electrons. The molecule has 0 aromatic carbocycles. The second-order valence-electron chi connectivity index (χ2n) is 4.26. The van der Waals surface area contributed by atoms with Crippen LogP contribution in [-0.4, -0.2) is 25.2 Å². The molecule has 0 aromatic rings. The number of carbonyl (C=O) groups excluding carboxylic acids is 2. The Kier molecular flexibility index (Phi) is 8.70. The number of hydrogen-bond acceptors (Lipinski definition) is 3. The first-order chi connectivity index (χ1) is 8.56. The summed E-state index contributed by atoms with van der Waals surface area (Å²) >= 11 is 0. The fourth-order valence-electron chi connectivity index (χ4n) is 1.80. The van der Waals surface area contributed by atoms with E-state index in [1.807, 2.05) is 0 Å². The second kappa shape index (κ2) is 9.50. The first-order valence-corrected chi connectivity index (χ1v) is 6.33. The highest BCUT2D eigenvalue weighted by molar-refractivity contribution is 5.84. The summed E-state index contributed by atoms with van der Waals surface area (Å²) in [4.78, 5) is 22.5. The number of hydrogen-bond donors (Lipinski definition) is 2. The lowest BCUT2D eigenvalue weighted by Crippen LogP contribution is -2.48. The molecule has 0 aliphatic carbocycles. The van der Waals surface area contributed by atoms with Gasteiger partial charge in [0.1, 0.15) is 6.04 Å². The van der Waals surface area contributed by atoms with Crippen LogP contribution in [0.25, 0.3) is 0 Å². The zero-order valence-electron chi connectivity index (χ0n) is 11.3. The molecule has 2 unspecified atom stereocenters. The van der Waals surface area contributed by atoms with Crippen LogP contribution in [0, 0.1) is 5.92 Å². The van der Waals surface area contributed by atoms with E-state index in [9.17, 15) is 9.59 Å². The van der Waals surface area contributed by atoms with Gasteiger partial charge in [-0.05, 0) is 6.42 Å². The highest BCUT2D eigenvalue weighted by Crippen LogP contribution is 2.16. The van der Waals surface area contributed by atoms with E-state index in [1.165, 1.54) is 7.11 Å². The fourth-order valence-corrected chi connectivity index (χ4v) is 1.80. The Bertz CT molecular complexity index is 279. The van der Waals surface area contributed by atoms with Gasteiger partial charge < -0.3 is 15.8 Å². The molecule has 0 aliphatic rings. The Balaban J connectivity index is 4.38. The van der Waals surface area contributed by atoms with Crippen LogP contribution in [0.3, 0.4) is 0 Å². The van der Waals surface area contributed by atoms with Crippen molar-refractivity contribution >= 4 is 12.0 Å². The molecule has 0 saturated carbocycles. The standard InChI is InChI=1S/C13H24N2O3/c1-4-6-7-8-9-10(5-2)11(12(14)16)15-13(17)18-3/h5,10-11H,2,4,6-9H2,1,3H3,(H2,14,16)(H,15,17). The summed E-state index contributed by atoms with van der Waals surface area (Å²) in [7, 11) is 1.25. The third kappa shape index (κ3) is 6.27. The number of alkyl carbamates (subject to hydrolysis) is 1. The predicted octanol–water partition coefficient (Wildman–Crippen LogP) is 1.97. The van der Waals surface area contributed by atoms with E-state index in [2.05, 4.69) is 23.6 Å². The number of ether oxygens (including phenoxy) is 1. The van der Waals surface area contributed by atoms with Crippen LogP contribution in [0.1, 0.15) is 39.0 Å². The quantitative estimate of drug-likeness (QED) is 0.489. The highest BCUT2D eigenvalue weighted by atomic mass is 16.5. The van der Waals surface area contributed by atoms with Crippen LogP contribution >= 0.6 is 0 Å². The van der Waals surface area contributed by atoms with Crippen molar-refractivity contribution < 1.29 is 14.3 Å². The molecular formula is C13H24N2O3. The summed E-state index contributed by atoms with van der Waals surface area (Å²) in [5, 5.41) is 2.45. The summed E-state index contributed by atoms with van der Waals surface area (Å²) in [6.07, 6.45) is 6.19. The largest absolute Gasteiger partial charge is 0.453 e. The molecule has 0 radical (unpaired) electrons. The number of primary amides is 1. The molecule has 0 aliphatic heterocycles. The van der Waals surface area contributed by atoms with Crippen LogP contribution < -0.4 is 11.1 Å². The van der Waals surface area contributed by atoms with Crippen LogP contribution in [-0.2, 0) is 9.53 Å². The van der Waals surface area contributed by atoms with Crippen LogP contribution in [0.4, 0.5) is 4.79 Å². The van der Waals surface area contributed by atoms with E-state index in [0.29, 0.717) is 0 Å². The monoisotopic (exact) mass is 256 g/mol. The molecule has 3 N–H and O–H groups in total. The average Bonchev–Trinajstić information content (AvgIpc) is 2.36. The van der Waals surface area contributed by atoms with Gasteiger partial charge >= 0.3 is 6.09 Å². The molecule has 0 fully saturated rings. The minimum atomic E-state index is -0.753. The molecule has 5 heteroatoms. The maximum Gasteiger partial charge on any atom is 0.407 e. The first-order valence-electron chi connectivity index (χ1n) is 6.33. The van der Waals surface area contributed by atoms with Gasteiger partial charge in [0.15, 0.2) is 0 Å². The minimum Gasteiger partial charge on any atom is -0.453 e. The van der Waals surface area contributed by atoms with E-state index in [1.54, 1.807) is 6.08 Å². The summed E-state index contributed by atoms with van der Waals surface area (Å²) in [6, 6.07) is -0.753. The zero-order chi connectivity index (χ0) is 14.0. The Morgan fingerprint density at radius 1 is 1.39 bits per heavy atom. The van der Waals surface area contributed by atoms with Gasteiger partial charge in [-0.3, -0.25) is 4.79 Å². The topological polar surface area (TPSA) is 81.4 Å². The summed E-state index contributed by atoms with van der Waals surface area (Å²) in [5.74, 6) is -0.723. The number of unbranched alkanes of at least 4 members (excludes halogenated alkanes) is 3. The SMILES string of the molecule is C=CC(CCCCCC)C(NC(=O)OC)C(N)=O. The van der Waals surface area contributed by atoms with Gasteiger partial charge in [0.2, 0.25) is 5.91 Å². The van der Waals surface area contributed by atoms with Crippen molar-refractivity contribution in [3.05, 3.63) is 12.7 Å². The number of rotatable bonds is 9. The molecule has 0 spiro atoms. The van der Waals surface area contributed by atoms with Crippen LogP contribution in [0.5, 0.6) is 0 Å². The average molecular weight is 256 g/mol. The van der Waals surface area contributed by atoms with E-state index in [0.717, 1.165) is 32.1 Å². The number of nitrogens with one attached hydrogen (secondary N) is 1. The molecule has 2 amide bonds. The molecule has 18 heavy (non-hydrogen) atoms. The van der Waals surface area contributed by atoms with E-state index >= 15 is 0 Å². The van der Waals surface area contributed by atoms with Crippen molar-refractivity contribution in [2.24, 2.45) is 11.7 Å². The molecular weight excluding hydrogens is 232 g/mol. The number of nitrogens with two attached hydrogens (primary N) is 1. The number of carbonyl (C=O) groups is 2. The zero-order valence-corrected chi connectivity index (χ0v) is 11.3. The third-order valence-corrected chi connectivity index (χ3v) is 2.89. The number of methoxy groups -OCH3 is 1. The fraction of sp³-hybridized carbons (Fsp3) is 0.692. The van der Waals surface area contributed by atoms with Gasteiger partial charge in [-0.25, -0.2) is 4.79 Å². The molecule has 0 bridgehead atoms. The first kappa shape index (κ1) is 16.5. The molecule has 0 aromatic heterocycles. The van der Waals surface area contributed by atoms with Gasteiger partial charge in [0, 0.05) is 5.92 Å². The Morgan fingerprint density at radius 3 is 2.50 bits per heavy atom. The molecule has 5 nitrogen and oxygen atoms in total. The second-order valence-corrected chi connectivity index (χ2v) is 4.26. The van der Waals surface area contributed by atoms with Crippen LogP contribution in [0.2, 0.25) is 0 Å². The van der Waals surface area contributed by atoms with Gasteiger partial charge in [0.25, 0.3) is 0 Å². The van der Waals surface area contributed by atoms with Crippen molar-refractivity contribution in [3.8, 4) is 0 Å². The lowest BCUT2D eigenvalue weighted by molar-refractivity contribution is -0.120. The Morgan fingerprint density at radius 2 is 2.06 bits per heavy atom. The maximum atomic E-state index is 11.3. The van der Waals surface area contributed by atoms with Gasteiger partial charge in [0.05, 0.1) is 7.11 Å². The lowest BCUT2D eigenvalue weighted by atomic mass is 9.93. The minimum absolute atomic E-state index is 0.154. The van der Waals surface area contributed by atoms with Gasteiger partial charge in [-0.1, -0.05) is 38.7 Å². The van der Waals surface area contributed by atoms with Crippen LogP contribution in [0.15, 0.2) is 12.7 Å². The number of amides is 2. The Hall–Kier alpha value is -1.52. The van der Waals surface area contributed by atoms with E-state index in [-0.39, 0.29) is 5.92 Å².